The van der Waals surface area contributed by atoms with Gasteiger partial charge in [0.25, 0.3) is 5.91 Å². The zero-order chi connectivity index (χ0) is 12.4. The predicted molar refractivity (Wildman–Crippen MR) is 74.3 cm³/mol. The number of carbonyl (C=O) groups excluding carboxylic acids is 1. The highest BCUT2D eigenvalue weighted by Gasteiger charge is 2.10. The van der Waals surface area contributed by atoms with Gasteiger partial charge in [0, 0.05) is 23.6 Å². The van der Waals surface area contributed by atoms with Crippen molar-refractivity contribution < 1.29 is 4.79 Å². The van der Waals surface area contributed by atoms with Gasteiger partial charge in [0.1, 0.15) is 0 Å². The molecule has 0 unspecified atom stereocenters. The summed E-state index contributed by atoms with van der Waals surface area (Å²) in [5, 5.41) is 2.22. The van der Waals surface area contributed by atoms with Gasteiger partial charge in [-0.3, -0.25) is 4.79 Å². The molecule has 0 aliphatic carbocycles. The summed E-state index contributed by atoms with van der Waals surface area (Å²) in [6, 6.07) is 11.9. The lowest BCUT2D eigenvalue weighted by atomic mass is 10.1. The van der Waals surface area contributed by atoms with E-state index in [0.717, 1.165) is 27.4 Å². The van der Waals surface area contributed by atoms with Crippen LogP contribution in [0.15, 0.2) is 40.9 Å². The first-order valence-electron chi connectivity index (χ1n) is 5.56. The Labute approximate surface area is 109 Å². The second-order valence-electron chi connectivity index (χ2n) is 4.03. The van der Waals surface area contributed by atoms with Crippen molar-refractivity contribution in [2.24, 2.45) is 0 Å². The number of halogens is 1. The lowest BCUT2D eigenvalue weighted by molar-refractivity contribution is 0.0802. The average Bonchev–Trinajstić information content (AvgIpc) is 2.36. The van der Waals surface area contributed by atoms with E-state index in [2.05, 4.69) is 15.9 Å². The molecular formula is C14H14BrNO. The van der Waals surface area contributed by atoms with Gasteiger partial charge in [-0.1, -0.05) is 28.1 Å². The van der Waals surface area contributed by atoms with Crippen LogP contribution in [0.1, 0.15) is 17.3 Å². The Balaban J connectivity index is 2.45. The van der Waals surface area contributed by atoms with Crippen LogP contribution in [0.3, 0.4) is 0 Å². The number of carbonyl (C=O) groups is 1. The Hall–Kier alpha value is -1.35. The Bertz CT molecular complexity index is 565. The molecule has 17 heavy (non-hydrogen) atoms. The number of hydrogen-bond acceptors (Lipinski definition) is 1. The second kappa shape index (κ2) is 4.88. The minimum Gasteiger partial charge on any atom is -0.342 e. The molecule has 0 saturated carbocycles. The molecule has 0 aliphatic heterocycles. The summed E-state index contributed by atoms with van der Waals surface area (Å²) < 4.78 is 1.05. The molecule has 0 bridgehead atoms. The largest absolute Gasteiger partial charge is 0.342 e. The van der Waals surface area contributed by atoms with Gasteiger partial charge in [-0.25, -0.2) is 0 Å². The van der Waals surface area contributed by atoms with E-state index in [-0.39, 0.29) is 5.91 Å². The van der Waals surface area contributed by atoms with Crippen LogP contribution in [-0.2, 0) is 0 Å². The van der Waals surface area contributed by atoms with E-state index >= 15 is 0 Å². The Kier molecular flexibility index (Phi) is 3.48. The standard InChI is InChI=1S/C14H14BrNO/c1-3-16(2)14(17)12-5-4-11-9-13(15)7-6-10(11)8-12/h4-9H,3H2,1-2H3. The number of fused-ring (bicyclic) bond motifs is 1. The molecule has 0 atom stereocenters. The molecule has 1 amide bonds. The number of benzene rings is 2. The van der Waals surface area contributed by atoms with E-state index < -0.39 is 0 Å². The summed E-state index contributed by atoms with van der Waals surface area (Å²) in [5.74, 6) is 0.0670. The predicted octanol–water partition coefficient (Wildman–Crippen LogP) is 3.69. The molecule has 0 N–H and O–H groups in total. The van der Waals surface area contributed by atoms with Crippen molar-refractivity contribution in [2.45, 2.75) is 6.92 Å². The van der Waals surface area contributed by atoms with Crippen LogP contribution in [0.25, 0.3) is 10.8 Å². The zero-order valence-corrected chi connectivity index (χ0v) is 11.5. The first-order chi connectivity index (χ1) is 8.11. The molecule has 2 aromatic rings. The lowest BCUT2D eigenvalue weighted by Crippen LogP contribution is -2.26. The van der Waals surface area contributed by atoms with E-state index in [0.29, 0.717) is 0 Å². The van der Waals surface area contributed by atoms with Crippen LogP contribution in [-0.4, -0.2) is 24.4 Å². The van der Waals surface area contributed by atoms with Gasteiger partial charge < -0.3 is 4.90 Å². The van der Waals surface area contributed by atoms with Gasteiger partial charge in [-0.2, -0.15) is 0 Å². The van der Waals surface area contributed by atoms with Crippen molar-refractivity contribution in [3.63, 3.8) is 0 Å². The molecule has 0 spiro atoms. The molecule has 2 rings (SSSR count). The van der Waals surface area contributed by atoms with Gasteiger partial charge in [-0.05, 0) is 42.0 Å². The van der Waals surface area contributed by atoms with E-state index in [9.17, 15) is 4.79 Å². The Morgan fingerprint density at radius 2 is 1.82 bits per heavy atom. The number of nitrogens with zero attached hydrogens (tertiary/aromatic N) is 1. The number of rotatable bonds is 2. The zero-order valence-electron chi connectivity index (χ0n) is 9.90. The maximum atomic E-state index is 12.0. The smallest absolute Gasteiger partial charge is 0.253 e. The molecule has 0 saturated heterocycles. The summed E-state index contributed by atoms with van der Waals surface area (Å²) in [6.07, 6.45) is 0. The maximum absolute atomic E-state index is 12.0. The SMILES string of the molecule is CCN(C)C(=O)c1ccc2cc(Br)ccc2c1. The van der Waals surface area contributed by atoms with Gasteiger partial charge in [0.15, 0.2) is 0 Å². The van der Waals surface area contributed by atoms with Crippen molar-refractivity contribution in [1.82, 2.24) is 4.90 Å². The third-order valence-corrected chi connectivity index (χ3v) is 3.36. The van der Waals surface area contributed by atoms with Crippen LogP contribution in [0.2, 0.25) is 0 Å². The summed E-state index contributed by atoms with van der Waals surface area (Å²) >= 11 is 3.44. The molecule has 0 aromatic heterocycles. The van der Waals surface area contributed by atoms with Gasteiger partial charge in [0.05, 0.1) is 0 Å². The third kappa shape index (κ3) is 2.50. The molecule has 0 aliphatic rings. The summed E-state index contributed by atoms with van der Waals surface area (Å²) in [7, 11) is 1.81. The van der Waals surface area contributed by atoms with Crippen molar-refractivity contribution in [2.75, 3.05) is 13.6 Å². The van der Waals surface area contributed by atoms with Crippen molar-refractivity contribution in [3.8, 4) is 0 Å². The van der Waals surface area contributed by atoms with Crippen LogP contribution in [0.5, 0.6) is 0 Å². The fourth-order valence-corrected chi connectivity index (χ4v) is 2.09. The van der Waals surface area contributed by atoms with Gasteiger partial charge in [0.2, 0.25) is 0 Å². The van der Waals surface area contributed by atoms with Crippen molar-refractivity contribution in [3.05, 3.63) is 46.4 Å². The fourth-order valence-electron chi connectivity index (χ4n) is 1.71. The van der Waals surface area contributed by atoms with Crippen LogP contribution < -0.4 is 0 Å². The monoisotopic (exact) mass is 291 g/mol. The third-order valence-electron chi connectivity index (χ3n) is 2.87. The van der Waals surface area contributed by atoms with E-state index in [4.69, 9.17) is 0 Å². The van der Waals surface area contributed by atoms with Gasteiger partial charge in [-0.15, -0.1) is 0 Å². The van der Waals surface area contributed by atoms with E-state index in [1.54, 1.807) is 4.90 Å². The highest BCUT2D eigenvalue weighted by atomic mass is 79.9. The minimum absolute atomic E-state index is 0.0670. The topological polar surface area (TPSA) is 20.3 Å². The molecule has 0 radical (unpaired) electrons. The molecule has 88 valence electrons. The second-order valence-corrected chi connectivity index (χ2v) is 4.94. The van der Waals surface area contributed by atoms with Crippen molar-refractivity contribution >= 4 is 32.6 Å². The van der Waals surface area contributed by atoms with E-state index in [1.165, 1.54) is 0 Å². The Morgan fingerprint density at radius 3 is 2.53 bits per heavy atom. The van der Waals surface area contributed by atoms with Gasteiger partial charge >= 0.3 is 0 Å². The first-order valence-corrected chi connectivity index (χ1v) is 6.36. The summed E-state index contributed by atoms with van der Waals surface area (Å²) in [5.41, 5.74) is 0.740. The minimum atomic E-state index is 0.0670. The molecule has 0 fully saturated rings. The lowest BCUT2D eigenvalue weighted by Gasteiger charge is -2.14. The summed E-state index contributed by atoms with van der Waals surface area (Å²) in [6.45, 7) is 2.69. The molecule has 2 aromatic carbocycles. The maximum Gasteiger partial charge on any atom is 0.253 e. The molecule has 0 heterocycles. The van der Waals surface area contributed by atoms with Crippen molar-refractivity contribution in [1.29, 1.82) is 0 Å². The molecular weight excluding hydrogens is 278 g/mol. The summed E-state index contributed by atoms with van der Waals surface area (Å²) in [4.78, 5) is 13.7. The molecule has 2 nitrogen and oxygen atoms in total. The number of amides is 1. The average molecular weight is 292 g/mol. The highest BCUT2D eigenvalue weighted by molar-refractivity contribution is 9.10. The van der Waals surface area contributed by atoms with Crippen LogP contribution in [0, 0.1) is 0 Å². The fraction of sp³-hybridized carbons (Fsp3) is 0.214. The molecule has 3 heteroatoms. The van der Waals surface area contributed by atoms with Crippen LogP contribution >= 0.6 is 15.9 Å². The quantitative estimate of drug-likeness (QED) is 0.826. The normalized spacial score (nSPS) is 10.5. The van der Waals surface area contributed by atoms with E-state index in [1.807, 2.05) is 50.4 Å². The first kappa shape index (κ1) is 12.1. The van der Waals surface area contributed by atoms with Crippen LogP contribution in [0.4, 0.5) is 0 Å². The highest BCUT2D eigenvalue weighted by Crippen LogP contribution is 2.21. The number of hydrogen-bond donors (Lipinski definition) is 0. The Morgan fingerprint density at radius 1 is 1.18 bits per heavy atom.